The molecule has 0 unspecified atom stereocenters. The molecule has 0 N–H and O–H groups in total. The van der Waals surface area contributed by atoms with Crippen molar-refractivity contribution in [3.8, 4) is 0 Å². The summed E-state index contributed by atoms with van der Waals surface area (Å²) in [6.45, 7) is 1.91. The molecule has 1 heterocycles. The smallest absolute Gasteiger partial charge is 0.199 e. The van der Waals surface area contributed by atoms with Gasteiger partial charge in [0.2, 0.25) is 0 Å². The van der Waals surface area contributed by atoms with E-state index in [1.165, 1.54) is 6.20 Å². The maximum Gasteiger partial charge on any atom is 0.283 e. The predicted molar refractivity (Wildman–Crippen MR) is 68.7 cm³/mol. The molecule has 0 spiro atoms. The molecule has 0 atom stereocenters. The normalized spacial score (nSPS) is 11.6. The van der Waals surface area contributed by atoms with Crippen LogP contribution in [0.4, 0.5) is 0 Å². The van der Waals surface area contributed by atoms with Crippen LogP contribution in [-0.4, -0.2) is 17.6 Å². The zero-order chi connectivity index (χ0) is 11.8. The lowest BCUT2D eigenvalue weighted by atomic mass is 10.2. The van der Waals surface area contributed by atoms with Gasteiger partial charge in [-0.2, -0.15) is 13.5 Å². The average Bonchev–Trinajstić information content (AvgIpc) is 2.66. The second-order valence-electron chi connectivity index (χ2n) is 3.31. The van der Waals surface area contributed by atoms with E-state index in [1.807, 2.05) is 29.5 Å². The van der Waals surface area contributed by atoms with Crippen LogP contribution in [0.15, 0.2) is 41.4 Å². The van der Waals surface area contributed by atoms with E-state index in [9.17, 15) is 8.42 Å². The first-order valence-corrected chi connectivity index (χ1v) is 7.05. The molecule has 0 aliphatic rings. The lowest BCUT2D eigenvalue weighted by Crippen LogP contribution is -2.15. The molecule has 0 fully saturated rings. The first kappa shape index (κ1) is 11.6. The highest BCUT2D eigenvalue weighted by atomic mass is 127. The molecule has 1 aromatic heterocycles. The minimum absolute atomic E-state index is 0.250. The van der Waals surface area contributed by atoms with E-state index in [2.05, 4.69) is 5.10 Å². The molecule has 0 aliphatic carbocycles. The summed E-state index contributed by atoms with van der Waals surface area (Å²) in [5.41, 5.74) is 1.02. The van der Waals surface area contributed by atoms with Crippen LogP contribution in [0, 0.1) is 10.6 Å². The number of aryl methyl sites for hydroxylation is 1. The maximum atomic E-state index is 12.1. The maximum absolute atomic E-state index is 12.1. The largest absolute Gasteiger partial charge is 0.283 e. The number of hydrogen-bond acceptors (Lipinski definition) is 3. The van der Waals surface area contributed by atoms with E-state index in [-0.39, 0.29) is 4.90 Å². The SMILES string of the molecule is Cc1ccc(S(=O)(=O)n2nccc2I)cc1. The summed E-state index contributed by atoms with van der Waals surface area (Å²) in [7, 11) is -3.55. The molecule has 0 saturated carbocycles. The van der Waals surface area contributed by atoms with Crippen molar-refractivity contribution in [3.63, 3.8) is 0 Å². The number of hydrogen-bond donors (Lipinski definition) is 0. The number of halogens is 1. The van der Waals surface area contributed by atoms with Gasteiger partial charge in [0, 0.05) is 0 Å². The van der Waals surface area contributed by atoms with Crippen LogP contribution >= 0.6 is 22.6 Å². The Morgan fingerprint density at radius 1 is 1.19 bits per heavy atom. The van der Waals surface area contributed by atoms with Crippen LogP contribution in [0.5, 0.6) is 0 Å². The van der Waals surface area contributed by atoms with Gasteiger partial charge in [-0.15, -0.1) is 4.09 Å². The Hall–Kier alpha value is -0.890. The summed E-state index contributed by atoms with van der Waals surface area (Å²) < 4.78 is 25.8. The highest BCUT2D eigenvalue weighted by Crippen LogP contribution is 2.16. The monoisotopic (exact) mass is 348 g/mol. The fourth-order valence-corrected chi connectivity index (χ4v) is 3.47. The fraction of sp³-hybridized carbons (Fsp3) is 0.100. The van der Waals surface area contributed by atoms with E-state index in [0.717, 1.165) is 9.65 Å². The fourth-order valence-electron chi connectivity index (χ4n) is 1.26. The molecule has 6 heteroatoms. The molecule has 1 aromatic carbocycles. The van der Waals surface area contributed by atoms with Crippen LogP contribution in [0.3, 0.4) is 0 Å². The lowest BCUT2D eigenvalue weighted by Gasteiger charge is -2.05. The van der Waals surface area contributed by atoms with Crippen molar-refractivity contribution >= 4 is 32.6 Å². The van der Waals surface area contributed by atoms with Gasteiger partial charge in [-0.25, -0.2) is 0 Å². The Bertz CT molecular complexity index is 602. The summed E-state index contributed by atoms with van der Waals surface area (Å²) in [5, 5.41) is 3.81. The molecule has 2 aromatic rings. The van der Waals surface area contributed by atoms with Gasteiger partial charge < -0.3 is 0 Å². The molecule has 0 radical (unpaired) electrons. The van der Waals surface area contributed by atoms with Crippen LogP contribution in [0.25, 0.3) is 0 Å². The minimum Gasteiger partial charge on any atom is -0.199 e. The standard InChI is InChI=1S/C10H9IN2O2S/c1-8-2-4-9(5-3-8)16(14,15)13-10(11)6-7-12-13/h2-7H,1H3. The van der Waals surface area contributed by atoms with Crippen LogP contribution in [0.2, 0.25) is 0 Å². The number of nitrogens with zero attached hydrogens (tertiary/aromatic N) is 2. The number of rotatable bonds is 2. The van der Waals surface area contributed by atoms with E-state index >= 15 is 0 Å². The van der Waals surface area contributed by atoms with Gasteiger partial charge in [0.05, 0.1) is 11.1 Å². The number of aromatic nitrogens is 2. The molecule has 0 bridgehead atoms. The van der Waals surface area contributed by atoms with Crippen molar-refractivity contribution in [1.29, 1.82) is 0 Å². The molecule has 4 nitrogen and oxygen atoms in total. The van der Waals surface area contributed by atoms with Crippen LogP contribution < -0.4 is 0 Å². The second kappa shape index (κ2) is 4.17. The first-order valence-electron chi connectivity index (χ1n) is 4.53. The van der Waals surface area contributed by atoms with Gasteiger partial charge in [-0.3, -0.25) is 0 Å². The van der Waals surface area contributed by atoms with Crippen LogP contribution in [0.1, 0.15) is 5.56 Å². The summed E-state index contributed by atoms with van der Waals surface area (Å²) in [6, 6.07) is 8.35. The summed E-state index contributed by atoms with van der Waals surface area (Å²) >= 11 is 1.94. The third-order valence-corrected chi connectivity index (χ3v) is 4.87. The Labute approximate surface area is 107 Å². The zero-order valence-corrected chi connectivity index (χ0v) is 11.4. The highest BCUT2D eigenvalue weighted by Gasteiger charge is 2.19. The average molecular weight is 348 g/mol. The molecular weight excluding hydrogens is 339 g/mol. The zero-order valence-electron chi connectivity index (χ0n) is 8.46. The van der Waals surface area contributed by atoms with Crippen molar-refractivity contribution in [1.82, 2.24) is 9.19 Å². The Morgan fingerprint density at radius 3 is 2.31 bits per heavy atom. The van der Waals surface area contributed by atoms with Gasteiger partial charge in [0.25, 0.3) is 10.0 Å². The molecule has 2 rings (SSSR count). The third kappa shape index (κ3) is 1.99. The summed E-state index contributed by atoms with van der Waals surface area (Å²) in [5.74, 6) is 0. The molecule has 16 heavy (non-hydrogen) atoms. The minimum atomic E-state index is -3.55. The Balaban J connectivity index is 2.56. The van der Waals surface area contributed by atoms with Gasteiger partial charge >= 0.3 is 0 Å². The Kier molecular flexibility index (Phi) is 3.02. The quantitative estimate of drug-likeness (QED) is 0.781. The highest BCUT2D eigenvalue weighted by molar-refractivity contribution is 14.1. The van der Waals surface area contributed by atoms with E-state index < -0.39 is 10.0 Å². The molecule has 0 aliphatic heterocycles. The van der Waals surface area contributed by atoms with Gasteiger partial charge in [0.15, 0.2) is 0 Å². The van der Waals surface area contributed by atoms with E-state index in [0.29, 0.717) is 3.70 Å². The van der Waals surface area contributed by atoms with Gasteiger partial charge in [0.1, 0.15) is 3.70 Å². The van der Waals surface area contributed by atoms with Crippen molar-refractivity contribution in [2.75, 3.05) is 0 Å². The van der Waals surface area contributed by atoms with E-state index in [1.54, 1.807) is 30.3 Å². The first-order chi connectivity index (χ1) is 7.51. The van der Waals surface area contributed by atoms with Crippen molar-refractivity contribution in [3.05, 3.63) is 45.8 Å². The summed E-state index contributed by atoms with van der Waals surface area (Å²) in [6.07, 6.45) is 1.47. The Morgan fingerprint density at radius 2 is 1.81 bits per heavy atom. The number of benzene rings is 1. The van der Waals surface area contributed by atoms with Crippen molar-refractivity contribution < 1.29 is 8.42 Å². The molecule has 84 valence electrons. The summed E-state index contributed by atoms with van der Waals surface area (Å²) in [4.78, 5) is 0.250. The predicted octanol–water partition coefficient (Wildman–Crippen LogP) is 2.03. The van der Waals surface area contributed by atoms with Gasteiger partial charge in [-0.1, -0.05) is 17.7 Å². The second-order valence-corrected chi connectivity index (χ2v) is 6.19. The van der Waals surface area contributed by atoms with Crippen molar-refractivity contribution in [2.45, 2.75) is 11.8 Å². The van der Waals surface area contributed by atoms with Crippen LogP contribution in [-0.2, 0) is 10.0 Å². The molecule has 0 saturated heterocycles. The lowest BCUT2D eigenvalue weighted by molar-refractivity contribution is 0.578. The molecular formula is C10H9IN2O2S. The third-order valence-electron chi connectivity index (χ3n) is 2.11. The van der Waals surface area contributed by atoms with E-state index in [4.69, 9.17) is 0 Å². The topological polar surface area (TPSA) is 52.0 Å². The molecule has 0 amide bonds. The van der Waals surface area contributed by atoms with Gasteiger partial charge in [-0.05, 0) is 47.7 Å². The van der Waals surface area contributed by atoms with Crippen molar-refractivity contribution in [2.24, 2.45) is 0 Å².